The summed E-state index contributed by atoms with van der Waals surface area (Å²) < 4.78 is 40.8. The fraction of sp³-hybridized carbons (Fsp3) is 0.0800. The van der Waals surface area contributed by atoms with Gasteiger partial charge in [0.25, 0.3) is 0 Å². The molecule has 1 atom stereocenters. The van der Waals surface area contributed by atoms with Gasteiger partial charge in [-0.1, -0.05) is 36.1 Å². The minimum atomic E-state index is -1.70. The van der Waals surface area contributed by atoms with Crippen molar-refractivity contribution in [3.63, 3.8) is 0 Å². The normalized spacial score (nSPS) is 16.6. The fourth-order valence-electron chi connectivity index (χ4n) is 3.23. The Bertz CT molecular complexity index is 1290. The molecule has 6 heteroatoms. The van der Waals surface area contributed by atoms with Gasteiger partial charge in [-0.15, -0.1) is 0 Å². The molecule has 3 aromatic carbocycles. The predicted octanol–water partition coefficient (Wildman–Crippen LogP) is 4.90. The zero-order chi connectivity index (χ0) is 22.0. The van der Waals surface area contributed by atoms with Gasteiger partial charge in [0.1, 0.15) is 16.5 Å². The number of ketones is 1. The van der Waals surface area contributed by atoms with Crippen LogP contribution in [0.4, 0.5) is 14.5 Å². The first kappa shape index (κ1) is 20.7. The number of fused-ring (bicyclic) bond motifs is 1. The van der Waals surface area contributed by atoms with Crippen molar-refractivity contribution in [3.05, 3.63) is 106 Å². The zero-order valence-corrected chi connectivity index (χ0v) is 17.4. The number of anilines is 1. The second-order valence-electron chi connectivity index (χ2n) is 6.98. The van der Waals surface area contributed by atoms with Crippen LogP contribution in [0.5, 0.6) is 0 Å². The number of halogens is 2. The Labute approximate surface area is 181 Å². The second-order valence-corrected chi connectivity index (χ2v) is 8.46. The van der Waals surface area contributed by atoms with Gasteiger partial charge in [0.05, 0.1) is 5.69 Å². The van der Waals surface area contributed by atoms with E-state index < -0.39 is 16.8 Å². The quantitative estimate of drug-likeness (QED) is 0.426. The van der Waals surface area contributed by atoms with E-state index in [-0.39, 0.29) is 16.5 Å². The predicted molar refractivity (Wildman–Crippen MR) is 119 cm³/mol. The Morgan fingerprint density at radius 2 is 1.77 bits per heavy atom. The maximum Gasteiger partial charge on any atom is 0.205 e. The third kappa shape index (κ3) is 4.47. The molecular formula is C25H17F2NO2S. The van der Waals surface area contributed by atoms with Crippen molar-refractivity contribution in [2.45, 2.75) is 6.42 Å². The van der Waals surface area contributed by atoms with Crippen molar-refractivity contribution >= 4 is 28.5 Å². The Balaban J connectivity index is 1.65. The van der Waals surface area contributed by atoms with E-state index in [2.05, 4.69) is 11.8 Å². The van der Waals surface area contributed by atoms with E-state index in [1.807, 2.05) is 0 Å². The molecule has 1 aliphatic heterocycles. The lowest BCUT2D eigenvalue weighted by Gasteiger charge is -2.27. The van der Waals surface area contributed by atoms with Crippen LogP contribution >= 0.6 is 0 Å². The molecular weight excluding hydrogens is 416 g/mol. The molecule has 0 aliphatic carbocycles. The Morgan fingerprint density at radius 1 is 1.00 bits per heavy atom. The highest BCUT2D eigenvalue weighted by atomic mass is 32.2. The summed E-state index contributed by atoms with van der Waals surface area (Å²) in [7, 11) is -0.0648. The molecule has 0 N–H and O–H groups in total. The summed E-state index contributed by atoms with van der Waals surface area (Å²) >= 11 is 0. The summed E-state index contributed by atoms with van der Waals surface area (Å²) in [6.45, 7) is 0. The van der Waals surface area contributed by atoms with Gasteiger partial charge in [0.15, 0.2) is 11.0 Å². The summed E-state index contributed by atoms with van der Waals surface area (Å²) in [5.74, 6) is 4.93. The van der Waals surface area contributed by atoms with E-state index >= 15 is 0 Å². The number of allylic oxidation sites excluding steroid dienone is 1. The summed E-state index contributed by atoms with van der Waals surface area (Å²) in [5, 5.41) is 0. The number of hydrogen-bond donors (Lipinski definition) is 0. The smallest absolute Gasteiger partial charge is 0.205 e. The minimum absolute atomic E-state index is 0.0806. The van der Waals surface area contributed by atoms with Gasteiger partial charge in [-0.2, -0.15) is 0 Å². The van der Waals surface area contributed by atoms with Crippen LogP contribution in [0.1, 0.15) is 27.0 Å². The molecule has 0 amide bonds. The maximum atomic E-state index is 13.5. The fourth-order valence-corrected chi connectivity index (χ4v) is 4.37. The van der Waals surface area contributed by atoms with Crippen LogP contribution in [0.3, 0.4) is 0 Å². The molecule has 3 aromatic rings. The summed E-state index contributed by atoms with van der Waals surface area (Å²) in [6, 6.07) is 17.0. The molecule has 31 heavy (non-hydrogen) atoms. The topological polar surface area (TPSA) is 37.4 Å². The van der Waals surface area contributed by atoms with Crippen molar-refractivity contribution in [1.29, 1.82) is 0 Å². The van der Waals surface area contributed by atoms with E-state index in [1.165, 1.54) is 40.7 Å². The van der Waals surface area contributed by atoms with Gasteiger partial charge in [-0.05, 0) is 59.7 Å². The summed E-state index contributed by atoms with van der Waals surface area (Å²) in [5.41, 5.74) is 2.92. The van der Waals surface area contributed by atoms with E-state index in [9.17, 15) is 17.8 Å². The molecule has 0 fully saturated rings. The Kier molecular flexibility index (Phi) is 5.79. The van der Waals surface area contributed by atoms with Gasteiger partial charge in [-0.25, -0.2) is 13.0 Å². The summed E-state index contributed by atoms with van der Waals surface area (Å²) in [4.78, 5) is 13.2. The average molecular weight is 433 g/mol. The molecule has 1 heterocycles. The van der Waals surface area contributed by atoms with Crippen LogP contribution in [-0.2, 0) is 17.4 Å². The molecule has 4 rings (SSSR count). The monoisotopic (exact) mass is 433 g/mol. The lowest BCUT2D eigenvalue weighted by molar-refractivity contribution is 0.104. The lowest BCUT2D eigenvalue weighted by atomic mass is 10.0. The molecule has 0 saturated carbocycles. The largest absolute Gasteiger partial charge is 0.290 e. The van der Waals surface area contributed by atoms with E-state index in [1.54, 1.807) is 43.4 Å². The zero-order valence-electron chi connectivity index (χ0n) is 16.6. The van der Waals surface area contributed by atoms with Crippen LogP contribution in [0.15, 0.2) is 71.6 Å². The van der Waals surface area contributed by atoms with Crippen LogP contribution in [-0.4, -0.2) is 17.0 Å². The first-order valence-electron chi connectivity index (χ1n) is 9.47. The standard InChI is InChI=1S/C25H17F2NO2S/c1-28-23-13-10-18(5-2-4-17-8-11-20(26)12-9-17)15-22(23)25(29)24(31(28)30)16-19-6-3-7-21(27)14-19/h3,6-16H,4H2,1H3/b24-16+. The number of Topliss-reactive ketones (excluding diaryl/α,β-unsaturated/α-hetero) is 1. The van der Waals surface area contributed by atoms with Crippen LogP contribution in [0.2, 0.25) is 0 Å². The van der Waals surface area contributed by atoms with Crippen molar-refractivity contribution < 1.29 is 17.8 Å². The lowest BCUT2D eigenvalue weighted by Crippen LogP contribution is -2.31. The number of carbonyl (C=O) groups excluding carboxylic acids is 1. The molecule has 154 valence electrons. The molecule has 0 aromatic heterocycles. The maximum absolute atomic E-state index is 13.5. The van der Waals surface area contributed by atoms with Crippen molar-refractivity contribution in [2.75, 3.05) is 11.4 Å². The highest BCUT2D eigenvalue weighted by molar-refractivity contribution is 7.91. The first-order chi connectivity index (χ1) is 14.9. The Hall–Kier alpha value is -3.56. The second kappa shape index (κ2) is 8.66. The highest BCUT2D eigenvalue weighted by Crippen LogP contribution is 2.33. The van der Waals surface area contributed by atoms with Gasteiger partial charge >= 0.3 is 0 Å². The van der Waals surface area contributed by atoms with Crippen molar-refractivity contribution in [1.82, 2.24) is 0 Å². The van der Waals surface area contributed by atoms with Crippen LogP contribution in [0, 0.1) is 23.5 Å². The molecule has 0 bridgehead atoms. The molecule has 0 spiro atoms. The van der Waals surface area contributed by atoms with E-state index in [4.69, 9.17) is 0 Å². The molecule has 3 nitrogen and oxygen atoms in total. The highest BCUT2D eigenvalue weighted by Gasteiger charge is 2.31. The number of hydrogen-bond acceptors (Lipinski definition) is 2. The first-order valence-corrected chi connectivity index (χ1v) is 10.6. The van der Waals surface area contributed by atoms with Gasteiger partial charge in [0, 0.05) is 24.6 Å². The van der Waals surface area contributed by atoms with Gasteiger partial charge < -0.3 is 0 Å². The van der Waals surface area contributed by atoms with E-state index in [0.29, 0.717) is 28.8 Å². The third-order valence-corrected chi connectivity index (χ3v) is 6.20. The van der Waals surface area contributed by atoms with Gasteiger partial charge in [0.2, 0.25) is 5.78 Å². The molecule has 1 unspecified atom stereocenters. The number of rotatable bonds is 2. The van der Waals surface area contributed by atoms with Crippen LogP contribution < -0.4 is 4.31 Å². The van der Waals surface area contributed by atoms with Gasteiger partial charge in [-0.3, -0.25) is 9.10 Å². The molecule has 0 saturated heterocycles. The average Bonchev–Trinajstić information content (AvgIpc) is 2.76. The third-order valence-electron chi connectivity index (χ3n) is 4.83. The number of nitrogens with zero attached hydrogens (tertiary/aromatic N) is 1. The minimum Gasteiger partial charge on any atom is -0.290 e. The summed E-state index contributed by atoms with van der Waals surface area (Å²) in [6.07, 6.45) is 1.90. The molecule has 1 aliphatic rings. The van der Waals surface area contributed by atoms with Crippen LogP contribution in [0.25, 0.3) is 6.08 Å². The van der Waals surface area contributed by atoms with E-state index in [0.717, 1.165) is 5.56 Å². The Morgan fingerprint density at radius 3 is 2.52 bits per heavy atom. The SMILES string of the molecule is CN1c2ccc(C#CCc3ccc(F)cc3)cc2C(=O)/C(=C\c2cccc(F)c2)S1=O. The number of carbonyl (C=O) groups is 1. The van der Waals surface area contributed by atoms with Crippen molar-refractivity contribution in [3.8, 4) is 11.8 Å². The number of benzene rings is 3. The van der Waals surface area contributed by atoms with Crippen molar-refractivity contribution in [2.24, 2.45) is 0 Å². The molecule has 0 radical (unpaired) electrons.